The third kappa shape index (κ3) is 2.02. The maximum atomic E-state index is 4.34. The van der Waals surface area contributed by atoms with Gasteiger partial charge in [-0.25, -0.2) is 4.98 Å². The molecule has 0 radical (unpaired) electrons. The summed E-state index contributed by atoms with van der Waals surface area (Å²) in [6, 6.07) is 6.18. The van der Waals surface area contributed by atoms with E-state index in [0.717, 1.165) is 22.5 Å². The van der Waals surface area contributed by atoms with E-state index in [1.807, 2.05) is 16.8 Å². The van der Waals surface area contributed by atoms with Crippen LogP contribution in [0.25, 0.3) is 5.65 Å². The lowest BCUT2D eigenvalue weighted by Crippen LogP contribution is -2.19. The highest BCUT2D eigenvalue weighted by Crippen LogP contribution is 2.22. The van der Waals surface area contributed by atoms with Crippen molar-refractivity contribution in [1.82, 2.24) is 14.6 Å². The van der Waals surface area contributed by atoms with Gasteiger partial charge in [-0.3, -0.25) is 0 Å². The fraction of sp³-hybridized carbons (Fsp3) is 0.167. The standard InChI is InChI=1S/C12H11BrN4S/c1-16(8-9-3-2-6-18-9)11-4-5-14-12-10(13)7-15-17(11)12/h2-7H,8H2,1H3. The summed E-state index contributed by atoms with van der Waals surface area (Å²) in [6.07, 6.45) is 3.58. The SMILES string of the molecule is CN(Cc1cccs1)c1ccnc2c(Br)cnn12. The Kier molecular flexibility index (Phi) is 3.05. The van der Waals surface area contributed by atoms with Crippen LogP contribution in [0.4, 0.5) is 5.82 Å². The molecule has 18 heavy (non-hydrogen) atoms. The van der Waals surface area contributed by atoms with Crippen molar-refractivity contribution in [3.05, 3.63) is 45.3 Å². The molecule has 0 aromatic carbocycles. The Balaban J connectivity index is 1.98. The Morgan fingerprint density at radius 2 is 2.33 bits per heavy atom. The van der Waals surface area contributed by atoms with Gasteiger partial charge in [0, 0.05) is 18.1 Å². The second-order valence-corrected chi connectivity index (χ2v) is 5.85. The number of halogens is 1. The van der Waals surface area contributed by atoms with Gasteiger partial charge < -0.3 is 4.90 Å². The summed E-state index contributed by atoms with van der Waals surface area (Å²) in [5, 5.41) is 6.43. The second-order valence-electron chi connectivity index (χ2n) is 3.97. The molecule has 0 aliphatic rings. The van der Waals surface area contributed by atoms with E-state index in [1.165, 1.54) is 4.88 Å². The topological polar surface area (TPSA) is 33.4 Å². The van der Waals surface area contributed by atoms with Crippen LogP contribution in [-0.4, -0.2) is 21.6 Å². The molecule has 3 aromatic rings. The predicted octanol–water partition coefficient (Wildman–Crippen LogP) is 3.19. The molecule has 0 N–H and O–H groups in total. The lowest BCUT2D eigenvalue weighted by molar-refractivity contribution is 0.839. The molecule has 0 bridgehead atoms. The molecular formula is C12H11BrN4S. The summed E-state index contributed by atoms with van der Waals surface area (Å²) in [7, 11) is 2.06. The highest BCUT2D eigenvalue weighted by Gasteiger charge is 2.10. The molecule has 0 aliphatic carbocycles. The predicted molar refractivity (Wildman–Crippen MR) is 77.1 cm³/mol. The van der Waals surface area contributed by atoms with Gasteiger partial charge in [0.05, 0.1) is 17.2 Å². The van der Waals surface area contributed by atoms with Crippen LogP contribution in [0.5, 0.6) is 0 Å². The average molecular weight is 323 g/mol. The molecule has 3 rings (SSSR count). The van der Waals surface area contributed by atoms with Gasteiger partial charge >= 0.3 is 0 Å². The molecule has 0 spiro atoms. The number of aromatic nitrogens is 3. The van der Waals surface area contributed by atoms with Crippen molar-refractivity contribution in [2.75, 3.05) is 11.9 Å². The van der Waals surface area contributed by atoms with Gasteiger partial charge in [-0.1, -0.05) is 6.07 Å². The number of anilines is 1. The first kappa shape index (κ1) is 11.7. The Labute approximate surface area is 117 Å². The zero-order valence-corrected chi connectivity index (χ0v) is 12.1. The lowest BCUT2D eigenvalue weighted by atomic mass is 10.4. The largest absolute Gasteiger partial charge is 0.354 e. The summed E-state index contributed by atoms with van der Waals surface area (Å²) in [6.45, 7) is 0.869. The van der Waals surface area contributed by atoms with Crippen LogP contribution in [0.1, 0.15) is 4.88 Å². The highest BCUT2D eigenvalue weighted by atomic mass is 79.9. The maximum absolute atomic E-state index is 4.34. The molecule has 3 heterocycles. The summed E-state index contributed by atoms with van der Waals surface area (Å²) in [5.74, 6) is 1.03. The minimum atomic E-state index is 0.838. The first-order valence-electron chi connectivity index (χ1n) is 5.47. The molecule has 0 fully saturated rings. The van der Waals surface area contributed by atoms with E-state index in [1.54, 1.807) is 17.5 Å². The Morgan fingerprint density at radius 3 is 3.11 bits per heavy atom. The summed E-state index contributed by atoms with van der Waals surface area (Å²) in [5.41, 5.74) is 0.838. The van der Waals surface area contributed by atoms with E-state index in [0.29, 0.717) is 0 Å². The Morgan fingerprint density at radius 1 is 1.44 bits per heavy atom. The van der Waals surface area contributed by atoms with Gasteiger partial charge in [-0.05, 0) is 33.4 Å². The summed E-state index contributed by atoms with van der Waals surface area (Å²) in [4.78, 5) is 7.80. The van der Waals surface area contributed by atoms with Crippen molar-refractivity contribution in [3.8, 4) is 0 Å². The van der Waals surface area contributed by atoms with Crippen molar-refractivity contribution < 1.29 is 0 Å². The number of thiophene rings is 1. The third-order valence-electron chi connectivity index (χ3n) is 2.70. The van der Waals surface area contributed by atoms with Crippen LogP contribution in [-0.2, 0) is 6.54 Å². The number of hydrogen-bond donors (Lipinski definition) is 0. The molecule has 92 valence electrons. The van der Waals surface area contributed by atoms with Gasteiger partial charge in [0.1, 0.15) is 5.82 Å². The van der Waals surface area contributed by atoms with Crippen molar-refractivity contribution in [2.45, 2.75) is 6.54 Å². The monoisotopic (exact) mass is 322 g/mol. The zero-order valence-electron chi connectivity index (χ0n) is 9.75. The van der Waals surface area contributed by atoms with Gasteiger partial charge in [-0.15, -0.1) is 11.3 Å². The normalized spacial score (nSPS) is 11.0. The fourth-order valence-corrected chi connectivity index (χ4v) is 2.98. The van der Waals surface area contributed by atoms with Gasteiger partial charge in [0.15, 0.2) is 5.65 Å². The Hall–Kier alpha value is -1.40. The van der Waals surface area contributed by atoms with Crippen molar-refractivity contribution in [3.63, 3.8) is 0 Å². The minimum Gasteiger partial charge on any atom is -0.354 e. The molecule has 0 amide bonds. The number of rotatable bonds is 3. The van der Waals surface area contributed by atoms with E-state index in [9.17, 15) is 0 Å². The van der Waals surface area contributed by atoms with Crippen molar-refractivity contribution in [2.24, 2.45) is 0 Å². The molecule has 3 aromatic heterocycles. The first-order chi connectivity index (χ1) is 8.75. The Bertz CT molecular complexity index is 662. The molecule has 4 nitrogen and oxygen atoms in total. The number of nitrogens with zero attached hydrogens (tertiary/aromatic N) is 4. The van der Waals surface area contributed by atoms with Crippen molar-refractivity contribution >= 4 is 38.7 Å². The van der Waals surface area contributed by atoms with Crippen LogP contribution in [0, 0.1) is 0 Å². The summed E-state index contributed by atoms with van der Waals surface area (Å²) >= 11 is 5.21. The molecule has 6 heteroatoms. The first-order valence-corrected chi connectivity index (χ1v) is 7.15. The van der Waals surface area contributed by atoms with Gasteiger partial charge in [0.2, 0.25) is 0 Å². The average Bonchev–Trinajstić information content (AvgIpc) is 3.00. The summed E-state index contributed by atoms with van der Waals surface area (Å²) < 4.78 is 2.76. The van der Waals surface area contributed by atoms with E-state index in [-0.39, 0.29) is 0 Å². The van der Waals surface area contributed by atoms with Gasteiger partial charge in [0.25, 0.3) is 0 Å². The molecule has 0 atom stereocenters. The molecule has 0 aliphatic heterocycles. The maximum Gasteiger partial charge on any atom is 0.171 e. The molecule has 0 unspecified atom stereocenters. The van der Waals surface area contributed by atoms with Crippen LogP contribution >= 0.6 is 27.3 Å². The van der Waals surface area contributed by atoms with Crippen molar-refractivity contribution in [1.29, 1.82) is 0 Å². The van der Waals surface area contributed by atoms with Crippen LogP contribution in [0.15, 0.2) is 40.4 Å². The highest BCUT2D eigenvalue weighted by molar-refractivity contribution is 9.10. The smallest absolute Gasteiger partial charge is 0.171 e. The van der Waals surface area contributed by atoms with Gasteiger partial charge in [-0.2, -0.15) is 9.61 Å². The molecule has 0 saturated carbocycles. The fourth-order valence-electron chi connectivity index (χ4n) is 1.86. The minimum absolute atomic E-state index is 0.838. The molecule has 0 saturated heterocycles. The lowest BCUT2D eigenvalue weighted by Gasteiger charge is -2.18. The van der Waals surface area contributed by atoms with Crippen LogP contribution in [0.3, 0.4) is 0 Å². The van der Waals surface area contributed by atoms with Crippen LogP contribution in [0.2, 0.25) is 0 Å². The molecular weight excluding hydrogens is 312 g/mol. The third-order valence-corrected chi connectivity index (χ3v) is 4.12. The van der Waals surface area contributed by atoms with E-state index >= 15 is 0 Å². The quantitative estimate of drug-likeness (QED) is 0.742. The zero-order chi connectivity index (χ0) is 12.5. The van der Waals surface area contributed by atoms with Crippen LogP contribution < -0.4 is 4.90 Å². The van der Waals surface area contributed by atoms with E-state index < -0.39 is 0 Å². The van der Waals surface area contributed by atoms with E-state index in [2.05, 4.69) is 55.5 Å². The number of fused-ring (bicyclic) bond motifs is 1. The van der Waals surface area contributed by atoms with E-state index in [4.69, 9.17) is 0 Å². The second kappa shape index (κ2) is 4.70. The number of hydrogen-bond acceptors (Lipinski definition) is 4.